The quantitative estimate of drug-likeness (QED) is 0.518. The topological polar surface area (TPSA) is 105 Å². The second kappa shape index (κ2) is 12.9. The number of thiophene rings is 1. The van der Waals surface area contributed by atoms with Crippen LogP contribution in [0.1, 0.15) is 72.0 Å². The number of rotatable bonds is 6. The highest BCUT2D eigenvalue weighted by Gasteiger charge is 2.38. The number of carboxylic acids is 1. The molecule has 1 aliphatic heterocycles. The van der Waals surface area contributed by atoms with E-state index in [4.69, 9.17) is 14.6 Å². The van der Waals surface area contributed by atoms with Crippen LogP contribution in [-0.2, 0) is 27.3 Å². The number of halogens is 3. The van der Waals surface area contributed by atoms with E-state index in [9.17, 15) is 22.8 Å². The molecule has 7 nitrogen and oxygen atoms in total. The van der Waals surface area contributed by atoms with Gasteiger partial charge in [-0.15, -0.1) is 11.3 Å². The van der Waals surface area contributed by atoms with E-state index < -0.39 is 18.2 Å². The first kappa shape index (κ1) is 27.1. The van der Waals surface area contributed by atoms with Crippen LogP contribution in [0.25, 0.3) is 0 Å². The second-order valence-electron chi connectivity index (χ2n) is 8.16. The normalized spacial score (nSPS) is 17.6. The van der Waals surface area contributed by atoms with Gasteiger partial charge in [-0.1, -0.05) is 32.1 Å². The molecule has 1 aliphatic carbocycles. The zero-order valence-corrected chi connectivity index (χ0v) is 19.4. The summed E-state index contributed by atoms with van der Waals surface area (Å²) in [4.78, 5) is 36.1. The Hall–Kier alpha value is -2.14. The molecule has 1 aromatic heterocycles. The van der Waals surface area contributed by atoms with Gasteiger partial charge in [-0.25, -0.2) is 9.59 Å². The lowest BCUT2D eigenvalue weighted by Gasteiger charge is -2.26. The van der Waals surface area contributed by atoms with Gasteiger partial charge in [0.25, 0.3) is 5.91 Å². The van der Waals surface area contributed by atoms with E-state index >= 15 is 0 Å². The molecule has 0 spiro atoms. The molecule has 33 heavy (non-hydrogen) atoms. The zero-order valence-electron chi connectivity index (χ0n) is 18.6. The van der Waals surface area contributed by atoms with Crippen LogP contribution in [0, 0.1) is 5.92 Å². The molecule has 0 saturated heterocycles. The molecule has 1 saturated carbocycles. The summed E-state index contributed by atoms with van der Waals surface area (Å²) in [7, 11) is 0. The standard InChI is InChI=1S/C20H30N2O3S.C2HF3O2/c1-2-25-20(24)16(11-14-7-4-3-5-8-14)22-19(23)18-12-15-13-21-10-6-9-17(15)26-18;3-2(4,5)1(6)7/h12,14,16,21H,2-11,13H2,1H3,(H,22,23);(H,6,7). The van der Waals surface area contributed by atoms with Crippen molar-refractivity contribution in [2.24, 2.45) is 5.92 Å². The van der Waals surface area contributed by atoms with Gasteiger partial charge in [-0.2, -0.15) is 13.2 Å². The molecule has 2 aliphatic rings. The summed E-state index contributed by atoms with van der Waals surface area (Å²) in [6.07, 6.45) is 3.73. The van der Waals surface area contributed by atoms with Crippen molar-refractivity contribution in [2.75, 3.05) is 13.2 Å². The minimum atomic E-state index is -5.08. The molecule has 0 radical (unpaired) electrons. The van der Waals surface area contributed by atoms with Crippen LogP contribution in [0.5, 0.6) is 0 Å². The Morgan fingerprint density at radius 1 is 1.24 bits per heavy atom. The van der Waals surface area contributed by atoms with Gasteiger partial charge in [0.15, 0.2) is 0 Å². The Labute approximate surface area is 195 Å². The largest absolute Gasteiger partial charge is 0.490 e. The molecule has 1 fully saturated rings. The predicted molar refractivity (Wildman–Crippen MR) is 117 cm³/mol. The molecule has 3 N–H and O–H groups in total. The Kier molecular flexibility index (Phi) is 10.6. The molecule has 1 unspecified atom stereocenters. The van der Waals surface area contributed by atoms with E-state index in [1.165, 1.54) is 29.7 Å². The fraction of sp³-hybridized carbons (Fsp3) is 0.682. The summed E-state index contributed by atoms with van der Waals surface area (Å²) < 4.78 is 37.0. The third-order valence-electron chi connectivity index (χ3n) is 5.61. The summed E-state index contributed by atoms with van der Waals surface area (Å²) in [5, 5.41) is 13.5. The third kappa shape index (κ3) is 8.96. The van der Waals surface area contributed by atoms with Crippen molar-refractivity contribution < 1.29 is 37.4 Å². The average Bonchev–Trinajstić information content (AvgIpc) is 3.04. The number of carbonyl (C=O) groups is 3. The third-order valence-corrected chi connectivity index (χ3v) is 6.84. The fourth-order valence-electron chi connectivity index (χ4n) is 3.98. The lowest BCUT2D eigenvalue weighted by atomic mass is 9.85. The number of aliphatic carboxylic acids is 1. The van der Waals surface area contributed by atoms with E-state index in [1.54, 1.807) is 18.3 Å². The van der Waals surface area contributed by atoms with Crippen LogP contribution >= 0.6 is 11.3 Å². The van der Waals surface area contributed by atoms with Crippen molar-refractivity contribution in [1.82, 2.24) is 10.6 Å². The van der Waals surface area contributed by atoms with Crippen molar-refractivity contribution in [3.8, 4) is 0 Å². The summed E-state index contributed by atoms with van der Waals surface area (Å²) >= 11 is 1.57. The minimum absolute atomic E-state index is 0.142. The number of hydrogen-bond acceptors (Lipinski definition) is 6. The fourth-order valence-corrected chi connectivity index (χ4v) is 5.11. The lowest BCUT2D eigenvalue weighted by molar-refractivity contribution is -0.192. The van der Waals surface area contributed by atoms with Crippen molar-refractivity contribution in [3.63, 3.8) is 0 Å². The van der Waals surface area contributed by atoms with Gasteiger partial charge in [0.2, 0.25) is 0 Å². The minimum Gasteiger partial charge on any atom is -0.475 e. The molecule has 3 rings (SSSR count). The van der Waals surface area contributed by atoms with Crippen LogP contribution in [-0.4, -0.2) is 48.3 Å². The maximum atomic E-state index is 12.8. The number of esters is 1. The predicted octanol–water partition coefficient (Wildman–Crippen LogP) is 4.05. The number of amides is 1. The van der Waals surface area contributed by atoms with Gasteiger partial charge < -0.3 is 20.5 Å². The van der Waals surface area contributed by atoms with Crippen molar-refractivity contribution >= 4 is 29.2 Å². The molecule has 1 atom stereocenters. The van der Waals surface area contributed by atoms with Crippen LogP contribution < -0.4 is 10.6 Å². The average molecular weight is 493 g/mol. The number of alkyl halides is 3. The first-order valence-corrected chi connectivity index (χ1v) is 12.0. The van der Waals surface area contributed by atoms with E-state index in [0.29, 0.717) is 23.8 Å². The molecule has 1 amide bonds. The van der Waals surface area contributed by atoms with Crippen molar-refractivity contribution in [3.05, 3.63) is 21.4 Å². The molecular formula is C22H31F3N2O5S. The number of carboxylic acid groups (broad SMARTS) is 1. The van der Waals surface area contributed by atoms with Crippen LogP contribution in [0.2, 0.25) is 0 Å². The molecule has 11 heteroatoms. The van der Waals surface area contributed by atoms with E-state index in [1.807, 2.05) is 6.07 Å². The Morgan fingerprint density at radius 3 is 2.52 bits per heavy atom. The van der Waals surface area contributed by atoms with Crippen LogP contribution in [0.3, 0.4) is 0 Å². The highest BCUT2D eigenvalue weighted by atomic mass is 32.1. The number of nitrogens with one attached hydrogen (secondary N) is 2. The first-order valence-electron chi connectivity index (χ1n) is 11.2. The van der Waals surface area contributed by atoms with E-state index in [2.05, 4.69) is 10.6 Å². The molecule has 0 aromatic carbocycles. The highest BCUT2D eigenvalue weighted by molar-refractivity contribution is 7.14. The molecule has 1 aromatic rings. The highest BCUT2D eigenvalue weighted by Crippen LogP contribution is 2.29. The van der Waals surface area contributed by atoms with Gasteiger partial charge >= 0.3 is 18.1 Å². The number of carbonyl (C=O) groups excluding carboxylic acids is 2. The van der Waals surface area contributed by atoms with E-state index in [-0.39, 0.29) is 11.9 Å². The van der Waals surface area contributed by atoms with E-state index in [0.717, 1.165) is 38.8 Å². The smallest absolute Gasteiger partial charge is 0.475 e. The van der Waals surface area contributed by atoms with Crippen molar-refractivity contribution in [1.29, 1.82) is 0 Å². The maximum Gasteiger partial charge on any atom is 0.490 e. The second-order valence-corrected chi connectivity index (χ2v) is 9.30. The maximum absolute atomic E-state index is 12.8. The SMILES string of the molecule is CCOC(=O)C(CC1CCCCC1)NC(=O)c1cc2c(s1)CCCNC2.O=C(O)C(F)(F)F. The Balaban J connectivity index is 0.000000479. The Morgan fingerprint density at radius 2 is 1.91 bits per heavy atom. The molecule has 0 bridgehead atoms. The Bertz CT molecular complexity index is 783. The molecule has 186 valence electrons. The summed E-state index contributed by atoms with van der Waals surface area (Å²) in [6.45, 7) is 3.99. The molecule has 2 heterocycles. The van der Waals surface area contributed by atoms with Gasteiger partial charge in [0, 0.05) is 11.4 Å². The first-order chi connectivity index (χ1) is 15.6. The number of ether oxygens (including phenoxy) is 1. The number of hydrogen-bond donors (Lipinski definition) is 3. The van der Waals surface area contributed by atoms with Crippen molar-refractivity contribution in [2.45, 2.75) is 77.1 Å². The number of fused-ring (bicyclic) bond motifs is 1. The number of aryl methyl sites for hydroxylation is 1. The van der Waals surface area contributed by atoms with Gasteiger partial charge in [0.1, 0.15) is 6.04 Å². The monoisotopic (exact) mass is 492 g/mol. The van der Waals surface area contributed by atoms with Gasteiger partial charge in [-0.05, 0) is 50.3 Å². The van der Waals surface area contributed by atoms with Gasteiger partial charge in [-0.3, -0.25) is 4.79 Å². The van der Waals surface area contributed by atoms with Gasteiger partial charge in [0.05, 0.1) is 11.5 Å². The zero-order chi connectivity index (χ0) is 24.4. The summed E-state index contributed by atoms with van der Waals surface area (Å²) in [6, 6.07) is 1.45. The lowest BCUT2D eigenvalue weighted by Crippen LogP contribution is -2.43. The summed E-state index contributed by atoms with van der Waals surface area (Å²) in [5.74, 6) is -2.70. The molecular weight excluding hydrogens is 461 g/mol. The summed E-state index contributed by atoms with van der Waals surface area (Å²) in [5.41, 5.74) is 1.22. The van der Waals surface area contributed by atoms with Crippen LogP contribution in [0.15, 0.2) is 6.07 Å². The van der Waals surface area contributed by atoms with Crippen LogP contribution in [0.4, 0.5) is 13.2 Å².